The van der Waals surface area contributed by atoms with E-state index in [2.05, 4.69) is 30.2 Å². The number of nitrogens with zero attached hydrogens (tertiary/aromatic N) is 2. The van der Waals surface area contributed by atoms with Crippen molar-refractivity contribution < 1.29 is 9.53 Å². The van der Waals surface area contributed by atoms with Crippen LogP contribution in [0.4, 0.5) is 0 Å². The molecule has 0 aliphatic carbocycles. The van der Waals surface area contributed by atoms with Crippen molar-refractivity contribution in [3.63, 3.8) is 0 Å². The Morgan fingerprint density at radius 2 is 2.12 bits per heavy atom. The Balaban J connectivity index is 2.02. The fraction of sp³-hybridized carbons (Fsp3) is 0.409. The topological polar surface area (TPSA) is 34.5 Å². The number of benzene rings is 1. The van der Waals surface area contributed by atoms with Crippen LogP contribution in [0.1, 0.15) is 37.2 Å². The molecule has 1 aliphatic rings. The lowest BCUT2D eigenvalue weighted by atomic mass is 9.99. The molecule has 2 heterocycles. The average molecular weight is 352 g/mol. The molecule has 0 unspecified atom stereocenters. The first-order valence-corrected chi connectivity index (χ1v) is 9.42. The van der Waals surface area contributed by atoms with E-state index in [-0.39, 0.29) is 5.91 Å². The number of allylic oxidation sites excluding steroid dienone is 2. The van der Waals surface area contributed by atoms with Gasteiger partial charge in [-0.3, -0.25) is 4.79 Å². The summed E-state index contributed by atoms with van der Waals surface area (Å²) in [5.74, 6) is 1.61. The van der Waals surface area contributed by atoms with E-state index in [1.165, 1.54) is 0 Å². The number of carbonyl (C=O) groups is 1. The third kappa shape index (κ3) is 3.69. The molecule has 138 valence electrons. The number of fused-ring (bicyclic) bond motifs is 1. The lowest BCUT2D eigenvalue weighted by molar-refractivity contribution is 0.0687. The number of rotatable bonds is 6. The zero-order chi connectivity index (χ0) is 18.5. The molecule has 3 rings (SSSR count). The quantitative estimate of drug-likeness (QED) is 0.709. The molecule has 1 aromatic heterocycles. The molecular weight excluding hydrogens is 324 g/mol. The standard InChI is InChI=1S/C22H28N2O2/c1-4-6-12-24-19-8-7-9-21(26-15-5-2)18(19)16-20(24)22(25)23-13-10-17(3)11-14-23/h4-9,16-17H,2,10-15H2,1,3H3/b6-4-. The van der Waals surface area contributed by atoms with Crippen molar-refractivity contribution in [3.8, 4) is 5.75 Å². The smallest absolute Gasteiger partial charge is 0.270 e. The Hall–Kier alpha value is -2.49. The van der Waals surface area contributed by atoms with Gasteiger partial charge in [0, 0.05) is 25.0 Å². The van der Waals surface area contributed by atoms with Gasteiger partial charge in [0.15, 0.2) is 0 Å². The number of hydrogen-bond acceptors (Lipinski definition) is 2. The van der Waals surface area contributed by atoms with Gasteiger partial charge in [-0.1, -0.05) is 37.8 Å². The van der Waals surface area contributed by atoms with Gasteiger partial charge < -0.3 is 14.2 Å². The molecule has 0 spiro atoms. The molecule has 1 saturated heterocycles. The number of hydrogen-bond donors (Lipinski definition) is 0. The van der Waals surface area contributed by atoms with Gasteiger partial charge in [-0.2, -0.15) is 0 Å². The molecule has 4 nitrogen and oxygen atoms in total. The van der Waals surface area contributed by atoms with Gasteiger partial charge in [-0.05, 0) is 43.9 Å². The summed E-state index contributed by atoms with van der Waals surface area (Å²) in [7, 11) is 0. The van der Waals surface area contributed by atoms with Crippen molar-refractivity contribution in [1.82, 2.24) is 9.47 Å². The molecule has 1 amide bonds. The molecule has 1 aromatic carbocycles. The van der Waals surface area contributed by atoms with Gasteiger partial charge >= 0.3 is 0 Å². The van der Waals surface area contributed by atoms with E-state index in [0.29, 0.717) is 19.1 Å². The lowest BCUT2D eigenvalue weighted by Gasteiger charge is -2.30. The van der Waals surface area contributed by atoms with E-state index in [9.17, 15) is 4.79 Å². The van der Waals surface area contributed by atoms with Gasteiger partial charge in [0.25, 0.3) is 5.91 Å². The van der Waals surface area contributed by atoms with E-state index < -0.39 is 0 Å². The zero-order valence-electron chi connectivity index (χ0n) is 15.8. The van der Waals surface area contributed by atoms with Crippen LogP contribution in [0.2, 0.25) is 0 Å². The van der Waals surface area contributed by atoms with E-state index >= 15 is 0 Å². The highest BCUT2D eigenvalue weighted by atomic mass is 16.5. The summed E-state index contributed by atoms with van der Waals surface area (Å²) in [6, 6.07) is 7.96. The Bertz CT molecular complexity index is 811. The van der Waals surface area contributed by atoms with E-state index in [0.717, 1.165) is 48.3 Å². The number of piperidine rings is 1. The summed E-state index contributed by atoms with van der Waals surface area (Å²) in [5.41, 5.74) is 1.76. The molecule has 1 aliphatic heterocycles. The molecule has 0 radical (unpaired) electrons. The molecule has 0 bridgehead atoms. The summed E-state index contributed by atoms with van der Waals surface area (Å²) < 4.78 is 7.90. The van der Waals surface area contributed by atoms with Crippen LogP contribution in [0.15, 0.2) is 49.1 Å². The summed E-state index contributed by atoms with van der Waals surface area (Å²) in [6.45, 7) is 10.8. The fourth-order valence-electron chi connectivity index (χ4n) is 3.49. The van der Waals surface area contributed by atoms with Gasteiger partial charge in [0.2, 0.25) is 0 Å². The summed E-state index contributed by atoms with van der Waals surface area (Å²) in [5, 5.41) is 0.979. The van der Waals surface area contributed by atoms with Crippen LogP contribution in [-0.4, -0.2) is 35.1 Å². The maximum Gasteiger partial charge on any atom is 0.270 e. The molecule has 0 atom stereocenters. The van der Waals surface area contributed by atoms with E-state index in [1.807, 2.05) is 36.1 Å². The molecule has 0 N–H and O–H groups in total. The van der Waals surface area contributed by atoms with Gasteiger partial charge in [0.05, 0.1) is 5.52 Å². The van der Waals surface area contributed by atoms with Gasteiger partial charge in [-0.25, -0.2) is 0 Å². The van der Waals surface area contributed by atoms with Crippen LogP contribution in [0, 0.1) is 5.92 Å². The normalized spacial score (nSPS) is 15.7. The summed E-state index contributed by atoms with van der Waals surface area (Å²) in [6.07, 6.45) is 7.98. The minimum Gasteiger partial charge on any atom is -0.489 e. The van der Waals surface area contributed by atoms with Crippen LogP contribution in [-0.2, 0) is 6.54 Å². The molecule has 0 saturated carbocycles. The number of likely N-dealkylation sites (tertiary alicyclic amines) is 1. The Morgan fingerprint density at radius 3 is 2.81 bits per heavy atom. The molecule has 4 heteroatoms. The minimum absolute atomic E-state index is 0.118. The lowest BCUT2D eigenvalue weighted by Crippen LogP contribution is -2.38. The van der Waals surface area contributed by atoms with Crippen molar-refractivity contribution in [2.75, 3.05) is 19.7 Å². The van der Waals surface area contributed by atoms with Crippen molar-refractivity contribution in [3.05, 3.63) is 54.8 Å². The predicted molar refractivity (Wildman–Crippen MR) is 107 cm³/mol. The SMILES string of the molecule is C=CCOc1cccc2c1cc(C(=O)N1CCC(C)CC1)n2C/C=C\C. The Morgan fingerprint density at radius 1 is 1.35 bits per heavy atom. The van der Waals surface area contributed by atoms with Crippen LogP contribution >= 0.6 is 0 Å². The fourth-order valence-corrected chi connectivity index (χ4v) is 3.49. The predicted octanol–water partition coefficient (Wildman–Crippen LogP) is 4.65. The number of aromatic nitrogens is 1. The van der Waals surface area contributed by atoms with Crippen molar-refractivity contribution in [1.29, 1.82) is 0 Å². The Labute approximate surface area is 155 Å². The Kier molecular flexibility index (Phi) is 5.82. The number of amides is 1. The van der Waals surface area contributed by atoms with Gasteiger partial charge in [-0.15, -0.1) is 0 Å². The first-order chi connectivity index (χ1) is 12.7. The largest absolute Gasteiger partial charge is 0.489 e. The van der Waals surface area contributed by atoms with Gasteiger partial charge in [0.1, 0.15) is 18.1 Å². The van der Waals surface area contributed by atoms with Crippen LogP contribution in [0.3, 0.4) is 0 Å². The van der Waals surface area contributed by atoms with Crippen LogP contribution in [0.25, 0.3) is 10.9 Å². The zero-order valence-corrected chi connectivity index (χ0v) is 15.8. The highest BCUT2D eigenvalue weighted by Gasteiger charge is 2.25. The molecule has 1 fully saturated rings. The average Bonchev–Trinajstić information content (AvgIpc) is 3.03. The minimum atomic E-state index is 0.118. The number of carbonyl (C=O) groups excluding carboxylic acids is 1. The second-order valence-corrected chi connectivity index (χ2v) is 6.97. The molecule has 26 heavy (non-hydrogen) atoms. The monoisotopic (exact) mass is 352 g/mol. The number of ether oxygens (including phenoxy) is 1. The highest BCUT2D eigenvalue weighted by molar-refractivity contribution is 6.00. The van der Waals surface area contributed by atoms with Crippen molar-refractivity contribution in [2.24, 2.45) is 5.92 Å². The molecule has 2 aromatic rings. The summed E-state index contributed by atoms with van der Waals surface area (Å²) in [4.78, 5) is 15.2. The van der Waals surface area contributed by atoms with Crippen molar-refractivity contribution >= 4 is 16.8 Å². The first-order valence-electron chi connectivity index (χ1n) is 9.42. The second-order valence-electron chi connectivity index (χ2n) is 6.97. The molecular formula is C22H28N2O2. The van der Waals surface area contributed by atoms with E-state index in [4.69, 9.17) is 4.74 Å². The maximum atomic E-state index is 13.2. The summed E-state index contributed by atoms with van der Waals surface area (Å²) >= 11 is 0. The van der Waals surface area contributed by atoms with Crippen LogP contribution < -0.4 is 4.74 Å². The third-order valence-corrected chi connectivity index (χ3v) is 5.08. The van der Waals surface area contributed by atoms with E-state index in [1.54, 1.807) is 6.08 Å². The van der Waals surface area contributed by atoms with Crippen molar-refractivity contribution in [2.45, 2.75) is 33.2 Å². The first kappa shape index (κ1) is 18.3. The second kappa shape index (κ2) is 8.26. The van der Waals surface area contributed by atoms with Crippen LogP contribution in [0.5, 0.6) is 5.75 Å². The third-order valence-electron chi connectivity index (χ3n) is 5.08. The highest BCUT2D eigenvalue weighted by Crippen LogP contribution is 2.30. The maximum absolute atomic E-state index is 13.2.